The van der Waals surface area contributed by atoms with Gasteiger partial charge in [-0.3, -0.25) is 9.20 Å². The van der Waals surface area contributed by atoms with Gasteiger partial charge in [0.05, 0.1) is 12.2 Å². The second kappa shape index (κ2) is 9.19. The summed E-state index contributed by atoms with van der Waals surface area (Å²) in [5.74, 6) is 3.25. The zero-order valence-corrected chi connectivity index (χ0v) is 22.4. The molecular weight excluding hydrogens is 533 g/mol. The molecule has 212 valence electrons. The number of nitrogens with one attached hydrogen (secondary N) is 1. The van der Waals surface area contributed by atoms with Crippen LogP contribution in [0.2, 0.25) is 0 Å². The fourth-order valence-electron chi connectivity index (χ4n) is 7.32. The topological polar surface area (TPSA) is 107 Å². The first-order valence-corrected chi connectivity index (χ1v) is 13.9. The minimum atomic E-state index is -4.55. The summed E-state index contributed by atoms with van der Waals surface area (Å²) in [5.41, 5.74) is 7.77. The van der Waals surface area contributed by atoms with Crippen molar-refractivity contribution in [2.24, 2.45) is 17.8 Å². The van der Waals surface area contributed by atoms with E-state index in [0.717, 1.165) is 48.8 Å². The van der Waals surface area contributed by atoms with Crippen molar-refractivity contribution in [1.82, 2.24) is 19.4 Å². The number of hydrogen-bond donors (Lipinski definition) is 2. The molecule has 4 fully saturated rings. The van der Waals surface area contributed by atoms with Gasteiger partial charge in [-0.15, -0.1) is 0 Å². The van der Waals surface area contributed by atoms with Crippen LogP contribution < -0.4 is 15.8 Å². The molecule has 3 heterocycles. The minimum absolute atomic E-state index is 0.0118. The molecule has 41 heavy (non-hydrogen) atoms. The van der Waals surface area contributed by atoms with Crippen LogP contribution >= 0.6 is 0 Å². The smallest absolute Gasteiger partial charge is 0.416 e. The van der Waals surface area contributed by atoms with E-state index < -0.39 is 17.6 Å². The first kappa shape index (κ1) is 25.8. The molecule has 4 aromatic rings. The van der Waals surface area contributed by atoms with Crippen molar-refractivity contribution in [2.75, 3.05) is 17.7 Å². The second-order valence-electron chi connectivity index (χ2n) is 11.3. The number of amides is 1. The van der Waals surface area contributed by atoms with E-state index >= 15 is 0 Å². The SMILES string of the molecule is CCOc1cc(C(=O)Nc2cc(C(F)(F)F)ccn2)ccc1-c1nc(C23CCC(CC2)C2CC23)n2ccnc(N)c12. The number of carbonyl (C=O) groups is 1. The van der Waals surface area contributed by atoms with E-state index in [1.165, 1.54) is 19.3 Å². The van der Waals surface area contributed by atoms with Gasteiger partial charge in [0.1, 0.15) is 34.4 Å². The molecule has 8 rings (SSSR count). The molecule has 8 nitrogen and oxygen atoms in total. The van der Waals surface area contributed by atoms with E-state index in [9.17, 15) is 18.0 Å². The van der Waals surface area contributed by atoms with Crippen molar-refractivity contribution in [1.29, 1.82) is 0 Å². The fraction of sp³-hybridized carbons (Fsp3) is 0.400. The van der Waals surface area contributed by atoms with Gasteiger partial charge in [0.15, 0.2) is 0 Å². The normalized spacial score (nSPS) is 24.7. The quantitative estimate of drug-likeness (QED) is 0.293. The summed E-state index contributed by atoms with van der Waals surface area (Å²) in [7, 11) is 0. The number of nitrogen functional groups attached to an aromatic ring is 1. The molecule has 4 aliphatic carbocycles. The maximum atomic E-state index is 13.1. The van der Waals surface area contributed by atoms with Gasteiger partial charge in [0.25, 0.3) is 5.91 Å². The summed E-state index contributed by atoms with van der Waals surface area (Å²) >= 11 is 0. The summed E-state index contributed by atoms with van der Waals surface area (Å²) in [5, 5.41) is 2.46. The van der Waals surface area contributed by atoms with Crippen molar-refractivity contribution in [3.8, 4) is 17.0 Å². The number of anilines is 2. The molecule has 11 heteroatoms. The predicted octanol–water partition coefficient (Wildman–Crippen LogP) is 6.12. The number of benzene rings is 1. The van der Waals surface area contributed by atoms with Crippen LogP contribution in [0.4, 0.5) is 24.8 Å². The number of carbonyl (C=O) groups excluding carboxylic acids is 1. The molecule has 2 bridgehead atoms. The molecule has 0 saturated heterocycles. The lowest BCUT2D eigenvalue weighted by molar-refractivity contribution is -0.137. The lowest BCUT2D eigenvalue weighted by atomic mass is 9.60. The number of fused-ring (bicyclic) bond motifs is 3. The van der Waals surface area contributed by atoms with Crippen molar-refractivity contribution in [3.63, 3.8) is 0 Å². The van der Waals surface area contributed by atoms with Gasteiger partial charge in [-0.2, -0.15) is 13.2 Å². The average Bonchev–Trinajstić information content (AvgIpc) is 3.71. The number of halogens is 3. The summed E-state index contributed by atoms with van der Waals surface area (Å²) in [6, 6.07) is 6.56. The Balaban J connectivity index is 1.28. The first-order valence-electron chi connectivity index (χ1n) is 13.9. The zero-order valence-electron chi connectivity index (χ0n) is 22.4. The van der Waals surface area contributed by atoms with Gasteiger partial charge >= 0.3 is 6.18 Å². The number of nitrogens with two attached hydrogens (primary N) is 1. The molecule has 3 aromatic heterocycles. The number of alkyl halides is 3. The standard InChI is InChI=1S/C30H29F3N6O2/c1-2-41-22-13-17(27(40)37-23-14-18(7-10-35-23)30(31,32)33)3-4-19(22)24-25-26(34)36-11-12-39(25)28(38-24)29-8-5-16(6-9-29)20-15-21(20)29/h3-4,7,10-14,16,20-21H,2,5-6,8-9,15H2,1H3,(H2,34,36)(H,35,37,40). The predicted molar refractivity (Wildman–Crippen MR) is 146 cm³/mol. The van der Waals surface area contributed by atoms with Crippen LogP contribution in [0.25, 0.3) is 16.8 Å². The number of aromatic nitrogens is 4. The van der Waals surface area contributed by atoms with Crippen molar-refractivity contribution in [3.05, 3.63) is 65.9 Å². The monoisotopic (exact) mass is 562 g/mol. The van der Waals surface area contributed by atoms with Crippen molar-refractivity contribution < 1.29 is 22.7 Å². The molecular formula is C30H29F3N6O2. The molecule has 4 saturated carbocycles. The van der Waals surface area contributed by atoms with Crippen molar-refractivity contribution >= 4 is 23.1 Å². The van der Waals surface area contributed by atoms with E-state index in [1.807, 2.05) is 13.1 Å². The highest BCUT2D eigenvalue weighted by Crippen LogP contribution is 2.68. The van der Waals surface area contributed by atoms with E-state index in [4.69, 9.17) is 15.5 Å². The molecule has 0 radical (unpaired) electrons. The Labute approximate surface area is 234 Å². The van der Waals surface area contributed by atoms with Crippen LogP contribution in [-0.2, 0) is 11.6 Å². The molecule has 0 spiro atoms. The van der Waals surface area contributed by atoms with Crippen LogP contribution in [0.1, 0.15) is 60.8 Å². The Morgan fingerprint density at radius 3 is 2.73 bits per heavy atom. The zero-order chi connectivity index (χ0) is 28.5. The van der Waals surface area contributed by atoms with E-state index in [1.54, 1.807) is 24.4 Å². The molecule has 2 atom stereocenters. The highest BCUT2D eigenvalue weighted by Gasteiger charge is 2.63. The first-order chi connectivity index (χ1) is 19.7. The maximum Gasteiger partial charge on any atom is 0.416 e. The van der Waals surface area contributed by atoms with Gasteiger partial charge in [-0.05, 0) is 87.1 Å². The second-order valence-corrected chi connectivity index (χ2v) is 11.3. The highest BCUT2D eigenvalue weighted by molar-refractivity contribution is 6.04. The third-order valence-corrected chi connectivity index (χ3v) is 9.23. The summed E-state index contributed by atoms with van der Waals surface area (Å²) < 4.78 is 47.4. The molecule has 1 amide bonds. The minimum Gasteiger partial charge on any atom is -0.493 e. The summed E-state index contributed by atoms with van der Waals surface area (Å²) in [4.78, 5) is 26.5. The third-order valence-electron chi connectivity index (χ3n) is 9.23. The summed E-state index contributed by atoms with van der Waals surface area (Å²) in [6.45, 7) is 2.16. The average molecular weight is 563 g/mol. The Bertz CT molecular complexity index is 1670. The lowest BCUT2D eigenvalue weighted by Crippen LogP contribution is -2.41. The van der Waals surface area contributed by atoms with Gasteiger partial charge in [-0.1, -0.05) is 0 Å². The lowest BCUT2D eigenvalue weighted by Gasteiger charge is -2.45. The van der Waals surface area contributed by atoms with Crippen LogP contribution in [-0.4, -0.2) is 31.9 Å². The Hall–Kier alpha value is -4.15. The van der Waals surface area contributed by atoms with E-state index in [0.29, 0.717) is 40.9 Å². The fourth-order valence-corrected chi connectivity index (χ4v) is 7.32. The number of rotatable bonds is 6. The largest absolute Gasteiger partial charge is 0.493 e. The number of ether oxygens (including phenoxy) is 1. The highest BCUT2D eigenvalue weighted by atomic mass is 19.4. The number of pyridine rings is 1. The van der Waals surface area contributed by atoms with Gasteiger partial charge < -0.3 is 15.8 Å². The Kier molecular flexibility index (Phi) is 5.78. The Morgan fingerprint density at radius 1 is 1.17 bits per heavy atom. The molecule has 4 aliphatic rings. The van der Waals surface area contributed by atoms with Crippen LogP contribution in [0.3, 0.4) is 0 Å². The maximum absolute atomic E-state index is 13.1. The molecule has 2 unspecified atom stereocenters. The van der Waals surface area contributed by atoms with Gasteiger partial charge in [0.2, 0.25) is 0 Å². The Morgan fingerprint density at radius 2 is 1.98 bits per heavy atom. The third kappa shape index (κ3) is 4.12. The van der Waals surface area contributed by atoms with E-state index in [-0.39, 0.29) is 16.8 Å². The van der Waals surface area contributed by atoms with Gasteiger partial charge in [0, 0.05) is 35.1 Å². The number of hydrogen-bond acceptors (Lipinski definition) is 6. The van der Waals surface area contributed by atoms with Crippen molar-refractivity contribution in [2.45, 2.75) is 50.6 Å². The van der Waals surface area contributed by atoms with Crippen LogP contribution in [0.5, 0.6) is 5.75 Å². The molecule has 1 aromatic carbocycles. The van der Waals surface area contributed by atoms with E-state index in [2.05, 4.69) is 19.7 Å². The number of imidazole rings is 1. The summed E-state index contributed by atoms with van der Waals surface area (Å²) in [6.07, 6.45) is 6.01. The van der Waals surface area contributed by atoms with Crippen LogP contribution in [0, 0.1) is 17.8 Å². The molecule has 0 aliphatic heterocycles. The van der Waals surface area contributed by atoms with Crippen LogP contribution in [0.15, 0.2) is 48.9 Å². The van der Waals surface area contributed by atoms with Gasteiger partial charge in [-0.25, -0.2) is 15.0 Å². The number of nitrogens with zero attached hydrogens (tertiary/aromatic N) is 4. The molecule has 3 N–H and O–H groups in total.